The van der Waals surface area contributed by atoms with Crippen LogP contribution in [0.25, 0.3) is 21.5 Å². The summed E-state index contributed by atoms with van der Waals surface area (Å²) in [4.78, 5) is -0.209. The zero-order valence-electron chi connectivity index (χ0n) is 52.7. The van der Waals surface area contributed by atoms with Crippen LogP contribution in [0.3, 0.4) is 0 Å². The predicted molar refractivity (Wildman–Crippen MR) is 350 cm³/mol. The van der Waals surface area contributed by atoms with Crippen molar-refractivity contribution in [3.05, 3.63) is 82.9 Å². The van der Waals surface area contributed by atoms with E-state index in [1.807, 2.05) is 0 Å². The summed E-state index contributed by atoms with van der Waals surface area (Å²) in [6.07, 6.45) is 62.3. The summed E-state index contributed by atoms with van der Waals surface area (Å²) in [6, 6.07) is 18.5. The van der Waals surface area contributed by atoms with Gasteiger partial charge in [-0.15, -0.1) is 0 Å². The van der Waals surface area contributed by atoms with Crippen LogP contribution in [0.15, 0.2) is 70.5 Å². The number of unbranched alkanes of at least 4 members (excludes halogenated alkanes) is 40. The van der Waals surface area contributed by atoms with E-state index in [0.717, 1.165) is 60.1 Å². The number of hydrogen-bond acceptors (Lipinski definition) is 6. The third-order valence-electron chi connectivity index (χ3n) is 17.1. The van der Waals surface area contributed by atoms with Gasteiger partial charge in [0.25, 0.3) is 0 Å². The molecule has 456 valence electrons. The third-order valence-corrected chi connectivity index (χ3v) is 18.8. The Hall–Kier alpha value is -1.52. The van der Waals surface area contributed by atoms with Crippen molar-refractivity contribution in [2.24, 2.45) is 0 Å². The largest absolute Gasteiger partial charge is 2.00 e. The van der Waals surface area contributed by atoms with Crippen LogP contribution in [0.5, 0.6) is 0 Å². The second-order valence-electron chi connectivity index (χ2n) is 24.2. The second kappa shape index (κ2) is 48.6. The van der Waals surface area contributed by atoms with Gasteiger partial charge in [0.1, 0.15) is 20.2 Å². The molecule has 4 rings (SSSR count). The van der Waals surface area contributed by atoms with Crippen molar-refractivity contribution in [2.75, 3.05) is 0 Å². The first kappa shape index (κ1) is 75.6. The average Bonchev–Trinajstić information content (AvgIpc) is 3.54. The van der Waals surface area contributed by atoms with Gasteiger partial charge in [-0.1, -0.05) is 321 Å². The molecule has 0 saturated carbocycles. The Morgan fingerprint density at radius 3 is 0.691 bits per heavy atom. The maximum atomic E-state index is 11.8. The van der Waals surface area contributed by atoms with Crippen LogP contribution in [0.4, 0.5) is 0 Å². The minimum Gasteiger partial charge on any atom is -0.744 e. The topological polar surface area (TPSA) is 114 Å². The number of aryl methyl sites for hydroxylation is 4. The van der Waals surface area contributed by atoms with Crippen LogP contribution >= 0.6 is 0 Å². The van der Waals surface area contributed by atoms with Gasteiger partial charge >= 0.3 is 37.7 Å². The molecule has 0 heterocycles. The molecule has 0 fully saturated rings. The fourth-order valence-electron chi connectivity index (χ4n) is 12.1. The summed E-state index contributed by atoms with van der Waals surface area (Å²) in [7, 11) is -8.92. The maximum absolute atomic E-state index is 11.8. The van der Waals surface area contributed by atoms with E-state index in [9.17, 15) is 25.9 Å². The van der Waals surface area contributed by atoms with E-state index in [2.05, 4.69) is 52.0 Å². The van der Waals surface area contributed by atoms with Gasteiger partial charge in [-0.25, -0.2) is 16.8 Å². The molecule has 0 unspecified atom stereocenters. The van der Waals surface area contributed by atoms with Crippen molar-refractivity contribution < 1.29 is 25.9 Å². The van der Waals surface area contributed by atoms with E-state index in [4.69, 9.17) is 0 Å². The fourth-order valence-corrected chi connectivity index (χ4v) is 13.1. The molecule has 4 aromatic carbocycles. The van der Waals surface area contributed by atoms with Crippen LogP contribution in [-0.4, -0.2) is 63.7 Å². The molecule has 0 bridgehead atoms. The van der Waals surface area contributed by atoms with Gasteiger partial charge in [-0.3, -0.25) is 0 Å². The summed E-state index contributed by atoms with van der Waals surface area (Å²) >= 11 is 0. The van der Waals surface area contributed by atoms with Crippen molar-refractivity contribution in [3.8, 4) is 0 Å². The summed E-state index contributed by atoms with van der Waals surface area (Å²) < 4.78 is 70.6. The average molecular weight is 1180 g/mol. The van der Waals surface area contributed by atoms with Gasteiger partial charge in [0, 0.05) is 0 Å². The summed E-state index contributed by atoms with van der Waals surface area (Å²) in [5.41, 5.74) is 5.23. The van der Waals surface area contributed by atoms with Crippen molar-refractivity contribution >= 4 is 79.5 Å². The van der Waals surface area contributed by atoms with Gasteiger partial charge in [-0.2, -0.15) is 0 Å². The molecule has 0 saturated heterocycles. The third kappa shape index (κ3) is 35.0. The van der Waals surface area contributed by atoms with Crippen LogP contribution < -0.4 is 0 Å². The molecule has 0 aliphatic carbocycles. The van der Waals surface area contributed by atoms with E-state index >= 15 is 0 Å². The van der Waals surface area contributed by atoms with Gasteiger partial charge in [0.15, 0.2) is 0 Å². The molecule has 0 aromatic heterocycles. The Balaban J connectivity index is 0.000000547. The molecule has 0 spiro atoms. The smallest absolute Gasteiger partial charge is 0.744 e. The molecular formula is C72H118CaO6S2. The van der Waals surface area contributed by atoms with Crippen molar-refractivity contribution in [3.63, 3.8) is 0 Å². The fraction of sp³-hybridized carbons (Fsp3) is 0.722. The standard InChI is InChI=1S/2C36H60O3S.Ca/c2*1-3-5-7-9-11-13-15-17-19-21-23-25-32-27-28-33-29-30-34(40(37,38)39)31-36(33)35(32)26-24-22-20-18-16-14-12-10-8-6-4-2;/h2*27-31H,3-26H2,1-2H3,(H,37,38,39);/q;;+2/p-2. The van der Waals surface area contributed by atoms with Gasteiger partial charge in [0.05, 0.1) is 9.79 Å². The van der Waals surface area contributed by atoms with Crippen LogP contribution in [0.2, 0.25) is 0 Å². The summed E-state index contributed by atoms with van der Waals surface area (Å²) in [5.74, 6) is 0. The van der Waals surface area contributed by atoms with Crippen molar-refractivity contribution in [1.82, 2.24) is 0 Å². The first-order valence-corrected chi connectivity index (χ1v) is 36.8. The molecule has 0 aliphatic rings. The Bertz CT molecular complexity index is 2230. The van der Waals surface area contributed by atoms with Crippen LogP contribution in [-0.2, 0) is 45.9 Å². The van der Waals surface area contributed by atoms with E-state index in [0.29, 0.717) is 0 Å². The zero-order valence-corrected chi connectivity index (χ0v) is 56.5. The molecule has 9 heteroatoms. The Labute approximate surface area is 529 Å². The first-order valence-electron chi connectivity index (χ1n) is 33.9. The minimum atomic E-state index is -4.46. The second-order valence-corrected chi connectivity index (χ2v) is 27.0. The minimum absolute atomic E-state index is 0. The molecule has 0 aliphatic heterocycles. The number of benzene rings is 4. The number of rotatable bonds is 50. The molecule has 0 amide bonds. The maximum Gasteiger partial charge on any atom is 2.00 e. The van der Waals surface area contributed by atoms with E-state index < -0.39 is 20.2 Å². The monoisotopic (exact) mass is 1180 g/mol. The van der Waals surface area contributed by atoms with Crippen molar-refractivity contribution in [1.29, 1.82) is 0 Å². The molecular weight excluding hydrogens is 1060 g/mol. The molecule has 0 atom stereocenters. The normalized spacial score (nSPS) is 11.8. The quantitative estimate of drug-likeness (QED) is 0.0247. The van der Waals surface area contributed by atoms with Crippen molar-refractivity contribution in [2.45, 2.75) is 346 Å². The van der Waals surface area contributed by atoms with Gasteiger partial charge in [0.2, 0.25) is 0 Å². The van der Waals surface area contributed by atoms with E-state index in [1.54, 1.807) is 24.3 Å². The zero-order chi connectivity index (χ0) is 57.8. The Morgan fingerprint density at radius 1 is 0.272 bits per heavy atom. The number of fused-ring (bicyclic) bond motifs is 2. The van der Waals surface area contributed by atoms with Gasteiger partial charge < -0.3 is 9.11 Å². The summed E-state index contributed by atoms with van der Waals surface area (Å²) in [5, 5.41) is 4.00. The molecule has 4 aromatic rings. The van der Waals surface area contributed by atoms with E-state index in [1.165, 1.54) is 304 Å². The van der Waals surface area contributed by atoms with Gasteiger partial charge in [-0.05, 0) is 119 Å². The SMILES string of the molecule is CCCCCCCCCCCCCc1ccc2ccc(S(=O)(=O)[O-])cc2c1CCCCCCCCCCCCC.CCCCCCCCCCCCCc1ccc2ccc(S(=O)(=O)[O-])cc2c1CCCCCCCCCCCCC.[Ca+2]. The van der Waals surface area contributed by atoms with E-state index in [-0.39, 0.29) is 47.5 Å². The Kier molecular flexibility index (Phi) is 45.3. The molecule has 81 heavy (non-hydrogen) atoms. The molecule has 6 nitrogen and oxygen atoms in total. The van der Waals surface area contributed by atoms with Crippen LogP contribution in [0.1, 0.15) is 332 Å². The van der Waals surface area contributed by atoms with Crippen LogP contribution in [0, 0.1) is 0 Å². The first-order chi connectivity index (χ1) is 38.9. The summed E-state index contributed by atoms with van der Waals surface area (Å²) in [6.45, 7) is 9.08. The molecule has 0 radical (unpaired) electrons. The predicted octanol–water partition coefficient (Wildman–Crippen LogP) is 22.5. The number of hydrogen-bond donors (Lipinski definition) is 0. The molecule has 0 N–H and O–H groups in total. The Morgan fingerprint density at radius 2 is 0.469 bits per heavy atom.